The zero-order valence-corrected chi connectivity index (χ0v) is 12.8. The number of hydrogen-bond acceptors (Lipinski definition) is 2. The van der Waals surface area contributed by atoms with Gasteiger partial charge in [0.15, 0.2) is 0 Å². The molecule has 0 bridgehead atoms. The van der Waals surface area contributed by atoms with E-state index in [1.807, 2.05) is 35.9 Å². The molecule has 1 aromatic carbocycles. The molecule has 22 heavy (non-hydrogen) atoms. The van der Waals surface area contributed by atoms with Gasteiger partial charge in [-0.1, -0.05) is 37.5 Å². The number of benzene rings is 1. The molecule has 0 unspecified atom stereocenters. The molecule has 1 saturated carbocycles. The molecular formula is C17H21N3O2. The highest BCUT2D eigenvalue weighted by molar-refractivity contribution is 6.07. The maximum absolute atomic E-state index is 12.3. The number of rotatable bonds is 2. The summed E-state index contributed by atoms with van der Waals surface area (Å²) in [6, 6.07) is 7.72. The minimum absolute atomic E-state index is 0.0292. The smallest absolute Gasteiger partial charge is 0.271 e. The van der Waals surface area contributed by atoms with E-state index in [4.69, 9.17) is 0 Å². The van der Waals surface area contributed by atoms with Crippen molar-refractivity contribution in [3.05, 3.63) is 36.0 Å². The fraction of sp³-hybridized carbons (Fsp3) is 0.412. The molecule has 0 atom stereocenters. The Bertz CT molecular complexity index is 699. The van der Waals surface area contributed by atoms with Gasteiger partial charge < -0.3 is 4.57 Å². The lowest BCUT2D eigenvalue weighted by molar-refractivity contribution is -0.126. The average molecular weight is 299 g/mol. The van der Waals surface area contributed by atoms with Crippen LogP contribution >= 0.6 is 0 Å². The summed E-state index contributed by atoms with van der Waals surface area (Å²) in [7, 11) is 1.90. The average Bonchev–Trinajstić information content (AvgIpc) is 2.91. The van der Waals surface area contributed by atoms with Crippen molar-refractivity contribution >= 4 is 22.7 Å². The maximum Gasteiger partial charge on any atom is 0.271 e. The third kappa shape index (κ3) is 2.84. The molecule has 2 aromatic rings. The summed E-state index contributed by atoms with van der Waals surface area (Å²) in [5, 5.41) is 0.884. The molecule has 1 heterocycles. The summed E-state index contributed by atoms with van der Waals surface area (Å²) in [6.45, 7) is 0. The highest BCUT2D eigenvalue weighted by Gasteiger charge is 2.22. The van der Waals surface area contributed by atoms with E-state index in [9.17, 15) is 9.59 Å². The fourth-order valence-corrected chi connectivity index (χ4v) is 3.18. The Hall–Kier alpha value is -2.30. The van der Waals surface area contributed by atoms with Crippen molar-refractivity contribution in [3.8, 4) is 0 Å². The van der Waals surface area contributed by atoms with E-state index in [2.05, 4.69) is 10.9 Å². The lowest BCUT2D eigenvalue weighted by Crippen LogP contribution is -2.44. The summed E-state index contributed by atoms with van der Waals surface area (Å²) in [6.07, 6.45) is 7.00. The van der Waals surface area contributed by atoms with E-state index in [-0.39, 0.29) is 17.7 Å². The van der Waals surface area contributed by atoms with Gasteiger partial charge in [0.25, 0.3) is 5.91 Å². The number of carbonyl (C=O) groups excluding carboxylic acids is 2. The van der Waals surface area contributed by atoms with Crippen molar-refractivity contribution in [1.29, 1.82) is 0 Å². The van der Waals surface area contributed by atoms with Crippen LogP contribution in [0.4, 0.5) is 0 Å². The van der Waals surface area contributed by atoms with Gasteiger partial charge in [0, 0.05) is 30.1 Å². The topological polar surface area (TPSA) is 63.1 Å². The fourth-order valence-electron chi connectivity index (χ4n) is 3.18. The van der Waals surface area contributed by atoms with Gasteiger partial charge in [-0.15, -0.1) is 0 Å². The lowest BCUT2D eigenvalue weighted by atomic mass is 9.89. The standard InChI is InChI=1S/C17H21N3O2/c1-20-11-14(13-9-5-6-10-15(13)20)17(22)19-18-16(21)12-7-3-2-4-8-12/h5-6,9-12H,2-4,7-8H2,1H3,(H,18,21)(H,19,22). The second-order valence-corrected chi connectivity index (χ2v) is 5.95. The number of amides is 2. The number of carbonyl (C=O) groups is 2. The Labute approximate surface area is 129 Å². The third-order valence-corrected chi connectivity index (χ3v) is 4.42. The van der Waals surface area contributed by atoms with Crippen molar-refractivity contribution in [2.75, 3.05) is 0 Å². The number of hydrogen-bond donors (Lipinski definition) is 2. The van der Waals surface area contributed by atoms with Crippen molar-refractivity contribution in [2.45, 2.75) is 32.1 Å². The molecule has 0 aliphatic heterocycles. The van der Waals surface area contributed by atoms with E-state index in [0.29, 0.717) is 5.56 Å². The SMILES string of the molecule is Cn1cc(C(=O)NNC(=O)C2CCCCC2)c2ccccc21. The molecule has 2 amide bonds. The molecule has 1 aliphatic rings. The van der Waals surface area contributed by atoms with Gasteiger partial charge in [-0.3, -0.25) is 20.4 Å². The number of para-hydroxylation sites is 1. The number of aromatic nitrogens is 1. The van der Waals surface area contributed by atoms with Crippen LogP contribution in [0.5, 0.6) is 0 Å². The Morgan fingerprint density at radius 2 is 1.82 bits per heavy atom. The summed E-state index contributed by atoms with van der Waals surface area (Å²) < 4.78 is 1.91. The molecule has 116 valence electrons. The van der Waals surface area contributed by atoms with Crippen molar-refractivity contribution < 1.29 is 9.59 Å². The maximum atomic E-state index is 12.3. The number of nitrogens with one attached hydrogen (secondary N) is 2. The van der Waals surface area contributed by atoms with Crippen LogP contribution in [0.2, 0.25) is 0 Å². The summed E-state index contributed by atoms with van der Waals surface area (Å²) in [4.78, 5) is 24.4. The van der Waals surface area contributed by atoms with Crippen LogP contribution in [0, 0.1) is 5.92 Å². The molecule has 0 spiro atoms. The van der Waals surface area contributed by atoms with Gasteiger partial charge in [-0.2, -0.15) is 0 Å². The minimum Gasteiger partial charge on any atom is -0.350 e. The quantitative estimate of drug-likeness (QED) is 0.837. The Morgan fingerprint density at radius 3 is 2.59 bits per heavy atom. The minimum atomic E-state index is -0.277. The van der Waals surface area contributed by atoms with Crippen LogP contribution in [0.25, 0.3) is 10.9 Å². The van der Waals surface area contributed by atoms with Crippen LogP contribution in [-0.2, 0) is 11.8 Å². The van der Waals surface area contributed by atoms with Crippen LogP contribution in [-0.4, -0.2) is 16.4 Å². The highest BCUT2D eigenvalue weighted by atomic mass is 16.2. The highest BCUT2D eigenvalue weighted by Crippen LogP contribution is 2.23. The van der Waals surface area contributed by atoms with Gasteiger partial charge in [0.1, 0.15) is 0 Å². The Balaban J connectivity index is 1.67. The number of aryl methyl sites for hydroxylation is 1. The predicted molar refractivity (Wildman–Crippen MR) is 85.1 cm³/mol. The van der Waals surface area contributed by atoms with Crippen molar-refractivity contribution in [3.63, 3.8) is 0 Å². The number of fused-ring (bicyclic) bond motifs is 1. The monoisotopic (exact) mass is 299 g/mol. The first-order chi connectivity index (χ1) is 10.7. The molecule has 1 aliphatic carbocycles. The van der Waals surface area contributed by atoms with Crippen molar-refractivity contribution in [2.24, 2.45) is 13.0 Å². The van der Waals surface area contributed by atoms with Crippen LogP contribution in [0.1, 0.15) is 42.5 Å². The lowest BCUT2D eigenvalue weighted by Gasteiger charge is -2.20. The first-order valence-electron chi connectivity index (χ1n) is 7.81. The van der Waals surface area contributed by atoms with Crippen LogP contribution < -0.4 is 10.9 Å². The first-order valence-corrected chi connectivity index (χ1v) is 7.81. The normalized spacial score (nSPS) is 15.7. The van der Waals surface area contributed by atoms with Crippen molar-refractivity contribution in [1.82, 2.24) is 15.4 Å². The van der Waals surface area contributed by atoms with E-state index < -0.39 is 0 Å². The van der Waals surface area contributed by atoms with E-state index in [0.717, 1.165) is 36.6 Å². The largest absolute Gasteiger partial charge is 0.350 e. The molecule has 1 fully saturated rings. The molecule has 0 saturated heterocycles. The summed E-state index contributed by atoms with van der Waals surface area (Å²) >= 11 is 0. The molecule has 5 nitrogen and oxygen atoms in total. The summed E-state index contributed by atoms with van der Waals surface area (Å²) in [5.74, 6) is -0.323. The zero-order valence-electron chi connectivity index (χ0n) is 12.8. The Morgan fingerprint density at radius 1 is 1.09 bits per heavy atom. The number of nitrogens with zero attached hydrogens (tertiary/aromatic N) is 1. The van der Waals surface area contributed by atoms with Gasteiger partial charge >= 0.3 is 0 Å². The number of hydrazine groups is 1. The van der Waals surface area contributed by atoms with Gasteiger partial charge in [0.05, 0.1) is 5.56 Å². The van der Waals surface area contributed by atoms with E-state index in [1.54, 1.807) is 6.20 Å². The van der Waals surface area contributed by atoms with Gasteiger partial charge in [-0.25, -0.2) is 0 Å². The first kappa shape index (κ1) is 14.6. The molecule has 5 heteroatoms. The molecule has 2 N–H and O–H groups in total. The second kappa shape index (κ2) is 6.22. The zero-order chi connectivity index (χ0) is 15.5. The van der Waals surface area contributed by atoms with E-state index >= 15 is 0 Å². The van der Waals surface area contributed by atoms with E-state index in [1.165, 1.54) is 6.42 Å². The third-order valence-electron chi connectivity index (χ3n) is 4.42. The van der Waals surface area contributed by atoms with Gasteiger partial charge in [0.2, 0.25) is 5.91 Å². The molecular weight excluding hydrogens is 278 g/mol. The summed E-state index contributed by atoms with van der Waals surface area (Å²) in [5.41, 5.74) is 6.69. The molecule has 0 radical (unpaired) electrons. The van der Waals surface area contributed by atoms with Crippen LogP contribution in [0.3, 0.4) is 0 Å². The molecule has 3 rings (SSSR count). The second-order valence-electron chi connectivity index (χ2n) is 5.95. The van der Waals surface area contributed by atoms with Gasteiger partial charge in [-0.05, 0) is 18.9 Å². The molecule has 1 aromatic heterocycles. The van der Waals surface area contributed by atoms with Crippen LogP contribution in [0.15, 0.2) is 30.5 Å². The predicted octanol–water partition coefficient (Wildman–Crippen LogP) is 2.52. The Kier molecular flexibility index (Phi) is 4.13.